The molecule has 1 aromatic carbocycles. The van der Waals surface area contributed by atoms with Crippen LogP contribution in [0.5, 0.6) is 5.75 Å². The van der Waals surface area contributed by atoms with Crippen LogP contribution >= 0.6 is 7.94 Å². The van der Waals surface area contributed by atoms with Gasteiger partial charge in [0.2, 0.25) is 0 Å². The van der Waals surface area contributed by atoms with Gasteiger partial charge in [-0.1, -0.05) is 0 Å². The van der Waals surface area contributed by atoms with Gasteiger partial charge in [-0.15, -0.1) is 0 Å². The number of nitrogens with two attached hydrogens (primary N) is 1. The van der Waals surface area contributed by atoms with E-state index in [2.05, 4.69) is 15.0 Å². The molecule has 9 nitrogen and oxygen atoms in total. The molecule has 0 aliphatic heterocycles. The molecule has 0 fully saturated rings. The molecule has 0 aliphatic carbocycles. The third-order valence-corrected chi connectivity index (χ3v) is 4.57. The summed E-state index contributed by atoms with van der Waals surface area (Å²) >= 11 is 0. The second-order valence-electron chi connectivity index (χ2n) is 5.61. The van der Waals surface area contributed by atoms with Crippen LogP contribution < -0.4 is 10.3 Å². The number of ether oxygens (including phenoxy) is 1. The number of rotatable bonds is 7. The average molecular weight is 365 g/mol. The number of para-hydroxylation sites is 1. The van der Waals surface area contributed by atoms with Crippen LogP contribution in [0.25, 0.3) is 11.2 Å². The van der Waals surface area contributed by atoms with E-state index in [1.165, 1.54) is 6.33 Å². The van der Waals surface area contributed by atoms with Crippen LogP contribution in [0.3, 0.4) is 0 Å². The Morgan fingerprint density at radius 1 is 1.20 bits per heavy atom. The predicted molar refractivity (Wildman–Crippen MR) is 95.0 cm³/mol. The van der Waals surface area contributed by atoms with Crippen LogP contribution in [0, 0.1) is 0 Å². The third kappa shape index (κ3) is 4.40. The van der Waals surface area contributed by atoms with Crippen molar-refractivity contribution < 1.29 is 19.0 Å². The minimum atomic E-state index is -3.96. The SMILES string of the molecule is C[C@H](Cn1cnc2c(N)ncnc21)OC[PH](O)(O)Oc1ccccc1. The summed E-state index contributed by atoms with van der Waals surface area (Å²) < 4.78 is 12.6. The van der Waals surface area contributed by atoms with Crippen LogP contribution in [-0.4, -0.2) is 41.8 Å². The molecule has 0 saturated carbocycles. The summed E-state index contributed by atoms with van der Waals surface area (Å²) in [6, 6.07) is 8.62. The Balaban J connectivity index is 1.58. The summed E-state index contributed by atoms with van der Waals surface area (Å²) in [4.78, 5) is 32.3. The van der Waals surface area contributed by atoms with Gasteiger partial charge in [-0.3, -0.25) is 0 Å². The maximum atomic E-state index is 10.0. The third-order valence-electron chi connectivity index (χ3n) is 3.46. The van der Waals surface area contributed by atoms with E-state index < -0.39 is 7.94 Å². The molecule has 4 N–H and O–H groups in total. The molecule has 25 heavy (non-hydrogen) atoms. The van der Waals surface area contributed by atoms with Crippen molar-refractivity contribution in [3.05, 3.63) is 43.0 Å². The summed E-state index contributed by atoms with van der Waals surface area (Å²) in [5, 5.41) is 0. The second-order valence-corrected chi connectivity index (χ2v) is 7.59. The molecular weight excluding hydrogens is 345 g/mol. The van der Waals surface area contributed by atoms with Crippen molar-refractivity contribution in [2.24, 2.45) is 0 Å². The number of nitrogens with zero attached hydrogens (tertiary/aromatic N) is 4. The molecule has 0 bridgehead atoms. The fourth-order valence-corrected chi connectivity index (χ4v) is 3.39. The van der Waals surface area contributed by atoms with Crippen molar-refractivity contribution >= 4 is 24.9 Å². The topological polar surface area (TPSA) is 129 Å². The molecule has 2 aromatic heterocycles. The van der Waals surface area contributed by atoms with E-state index in [0.29, 0.717) is 29.3 Å². The first-order valence-electron chi connectivity index (χ1n) is 7.66. The number of imidazole rings is 1. The quantitative estimate of drug-likeness (QED) is 0.535. The normalized spacial score (nSPS) is 13.7. The minimum absolute atomic E-state index is 0.285. The molecule has 0 amide bonds. The number of anilines is 1. The number of nitrogen functional groups attached to an aromatic ring is 1. The van der Waals surface area contributed by atoms with E-state index in [4.69, 9.17) is 15.0 Å². The molecule has 0 radical (unpaired) electrons. The molecule has 0 unspecified atom stereocenters. The Kier molecular flexibility index (Phi) is 5.10. The van der Waals surface area contributed by atoms with Gasteiger partial charge in [0, 0.05) is 0 Å². The molecule has 2 heterocycles. The molecule has 0 spiro atoms. The molecule has 134 valence electrons. The van der Waals surface area contributed by atoms with Gasteiger partial charge < -0.3 is 0 Å². The number of hydrogen-bond donors (Lipinski definition) is 3. The van der Waals surface area contributed by atoms with Crippen LogP contribution in [0.4, 0.5) is 5.82 Å². The Morgan fingerprint density at radius 3 is 2.72 bits per heavy atom. The van der Waals surface area contributed by atoms with Crippen molar-refractivity contribution in [2.45, 2.75) is 19.6 Å². The zero-order valence-corrected chi connectivity index (χ0v) is 14.6. The van der Waals surface area contributed by atoms with Gasteiger partial charge in [0.05, 0.1) is 0 Å². The Labute approximate surface area is 144 Å². The van der Waals surface area contributed by atoms with E-state index in [1.807, 2.05) is 13.0 Å². The van der Waals surface area contributed by atoms with E-state index in [-0.39, 0.29) is 12.5 Å². The van der Waals surface area contributed by atoms with Crippen LogP contribution in [0.2, 0.25) is 0 Å². The molecule has 3 rings (SSSR count). The van der Waals surface area contributed by atoms with Gasteiger partial charge in [0.15, 0.2) is 0 Å². The first kappa shape index (κ1) is 17.5. The maximum absolute atomic E-state index is 10.0. The van der Waals surface area contributed by atoms with Gasteiger partial charge >= 0.3 is 144 Å². The fourth-order valence-electron chi connectivity index (χ4n) is 2.32. The van der Waals surface area contributed by atoms with Crippen LogP contribution in [0.15, 0.2) is 43.0 Å². The average Bonchev–Trinajstić information content (AvgIpc) is 2.98. The Hall–Kier alpha value is -2.32. The summed E-state index contributed by atoms with van der Waals surface area (Å²) in [5.74, 6) is 0.703. The number of benzene rings is 1. The zero-order valence-electron chi connectivity index (χ0n) is 13.6. The fraction of sp³-hybridized carbons (Fsp3) is 0.267. The van der Waals surface area contributed by atoms with E-state index >= 15 is 0 Å². The van der Waals surface area contributed by atoms with Gasteiger partial charge in [-0.05, 0) is 0 Å². The van der Waals surface area contributed by atoms with E-state index in [1.54, 1.807) is 35.2 Å². The first-order valence-corrected chi connectivity index (χ1v) is 9.67. The van der Waals surface area contributed by atoms with Gasteiger partial charge in [-0.25, -0.2) is 0 Å². The van der Waals surface area contributed by atoms with Crippen molar-refractivity contribution in [1.82, 2.24) is 19.5 Å². The molecule has 3 aromatic rings. The van der Waals surface area contributed by atoms with E-state index in [0.717, 1.165) is 0 Å². The van der Waals surface area contributed by atoms with Crippen molar-refractivity contribution in [3.8, 4) is 5.75 Å². The number of aromatic nitrogens is 4. The molecular formula is C15H20N5O4P. The first-order chi connectivity index (χ1) is 11.9. The summed E-state index contributed by atoms with van der Waals surface area (Å²) in [6.45, 7) is 2.23. The van der Waals surface area contributed by atoms with Gasteiger partial charge in [-0.2, -0.15) is 0 Å². The van der Waals surface area contributed by atoms with Gasteiger partial charge in [0.1, 0.15) is 0 Å². The molecule has 10 heteroatoms. The Bertz CT molecular complexity index is 842. The summed E-state index contributed by atoms with van der Waals surface area (Å²) in [7, 11) is -3.96. The summed E-state index contributed by atoms with van der Waals surface area (Å²) in [5.41, 5.74) is 6.87. The predicted octanol–water partition coefficient (Wildman–Crippen LogP) is 1.33. The summed E-state index contributed by atoms with van der Waals surface area (Å²) in [6.07, 6.45) is 2.36. The molecule has 0 aliphatic rings. The Morgan fingerprint density at radius 2 is 1.96 bits per heavy atom. The molecule has 1 atom stereocenters. The van der Waals surface area contributed by atoms with Crippen molar-refractivity contribution in [2.75, 3.05) is 12.1 Å². The van der Waals surface area contributed by atoms with Crippen LogP contribution in [-0.2, 0) is 11.3 Å². The zero-order chi connectivity index (χ0) is 17.9. The van der Waals surface area contributed by atoms with Crippen molar-refractivity contribution in [1.29, 1.82) is 0 Å². The number of hydrogen-bond acceptors (Lipinski definition) is 8. The van der Waals surface area contributed by atoms with E-state index in [9.17, 15) is 9.79 Å². The van der Waals surface area contributed by atoms with Crippen molar-refractivity contribution in [3.63, 3.8) is 0 Å². The number of fused-ring (bicyclic) bond motifs is 1. The second kappa shape index (κ2) is 7.28. The standard InChI is InChI=1S/C15H20N5O4P/c1-11(7-20-9-19-13-14(16)17-8-18-15(13)20)23-10-25(21,22)24-12-5-3-2-4-6-12/h2-6,8-9,11,21-22,25H,7,10H2,1H3,(H2,16,17,18)/t11-/m1/s1. The monoisotopic (exact) mass is 365 g/mol. The molecule has 0 saturated heterocycles. The van der Waals surface area contributed by atoms with Crippen LogP contribution in [0.1, 0.15) is 6.92 Å². The van der Waals surface area contributed by atoms with Gasteiger partial charge in [0.25, 0.3) is 0 Å².